The van der Waals surface area contributed by atoms with Crippen molar-refractivity contribution in [2.24, 2.45) is 14.1 Å². The summed E-state index contributed by atoms with van der Waals surface area (Å²) in [6.07, 6.45) is 2.30. The van der Waals surface area contributed by atoms with E-state index in [1.165, 1.54) is 10.9 Å². The topological polar surface area (TPSA) is 81.8 Å². The van der Waals surface area contributed by atoms with Crippen molar-refractivity contribution >= 4 is 15.8 Å². The molecule has 0 amide bonds. The Labute approximate surface area is 131 Å². The summed E-state index contributed by atoms with van der Waals surface area (Å²) >= 11 is 0. The summed E-state index contributed by atoms with van der Waals surface area (Å²) in [7, 11) is -0.222. The number of sulfonamides is 1. The van der Waals surface area contributed by atoms with Crippen molar-refractivity contribution in [1.82, 2.24) is 19.6 Å². The molecule has 2 rings (SSSR count). The third kappa shape index (κ3) is 3.16. The minimum atomic E-state index is -3.73. The fourth-order valence-electron chi connectivity index (χ4n) is 2.26. The van der Waals surface area contributed by atoms with Crippen LogP contribution in [0.25, 0.3) is 0 Å². The highest BCUT2D eigenvalue weighted by atomic mass is 32.2. The molecule has 0 atom stereocenters. The Bertz CT molecular complexity index is 781. The molecule has 0 aliphatic heterocycles. The van der Waals surface area contributed by atoms with Gasteiger partial charge in [-0.05, 0) is 6.42 Å². The first-order valence-corrected chi connectivity index (χ1v) is 8.62. The van der Waals surface area contributed by atoms with E-state index >= 15 is 0 Å². The van der Waals surface area contributed by atoms with Crippen molar-refractivity contribution in [2.45, 2.75) is 44.4 Å². The van der Waals surface area contributed by atoms with Crippen LogP contribution in [0.4, 0.5) is 5.82 Å². The molecule has 0 aliphatic carbocycles. The van der Waals surface area contributed by atoms with Gasteiger partial charge in [0.15, 0.2) is 5.82 Å². The van der Waals surface area contributed by atoms with E-state index in [4.69, 9.17) is 0 Å². The highest BCUT2D eigenvalue weighted by Crippen LogP contribution is 2.28. The molecule has 0 saturated heterocycles. The van der Waals surface area contributed by atoms with Gasteiger partial charge in [0.2, 0.25) is 0 Å². The molecule has 0 aromatic carbocycles. The smallest absolute Gasteiger partial charge is 0.266 e. The van der Waals surface area contributed by atoms with E-state index < -0.39 is 10.0 Å². The van der Waals surface area contributed by atoms with Crippen LogP contribution in [-0.2, 0) is 36.0 Å². The fourth-order valence-corrected chi connectivity index (χ4v) is 3.64. The number of hydrogen-bond donors (Lipinski definition) is 1. The van der Waals surface area contributed by atoms with Gasteiger partial charge in [0.25, 0.3) is 10.0 Å². The number of anilines is 1. The van der Waals surface area contributed by atoms with Gasteiger partial charge in [-0.2, -0.15) is 10.2 Å². The molecule has 0 radical (unpaired) electrons. The number of nitrogens with one attached hydrogen (secondary N) is 1. The van der Waals surface area contributed by atoms with Gasteiger partial charge in [-0.1, -0.05) is 27.7 Å². The van der Waals surface area contributed by atoms with Gasteiger partial charge in [0.1, 0.15) is 4.90 Å². The van der Waals surface area contributed by atoms with E-state index in [1.54, 1.807) is 24.8 Å². The van der Waals surface area contributed by atoms with E-state index in [0.29, 0.717) is 11.5 Å². The first-order chi connectivity index (χ1) is 10.0. The molecular weight excluding hydrogens is 302 g/mol. The summed E-state index contributed by atoms with van der Waals surface area (Å²) in [5.74, 6) is 0.322. The van der Waals surface area contributed by atoms with Crippen molar-refractivity contribution < 1.29 is 8.42 Å². The fraction of sp³-hybridized carbons (Fsp3) is 0.571. The Morgan fingerprint density at radius 1 is 1.23 bits per heavy atom. The summed E-state index contributed by atoms with van der Waals surface area (Å²) in [5, 5.41) is 8.49. The molecular formula is C14H23N5O2S. The Morgan fingerprint density at radius 2 is 1.86 bits per heavy atom. The molecule has 122 valence electrons. The highest BCUT2D eigenvalue weighted by Gasteiger charge is 2.30. The number of nitrogens with zero attached hydrogens (tertiary/aromatic N) is 4. The van der Waals surface area contributed by atoms with Crippen LogP contribution in [0.15, 0.2) is 17.2 Å². The maximum Gasteiger partial charge on any atom is 0.266 e. The Morgan fingerprint density at radius 3 is 2.36 bits per heavy atom. The van der Waals surface area contributed by atoms with Gasteiger partial charge in [-0.15, -0.1) is 0 Å². The number of aryl methyl sites for hydroxylation is 3. The zero-order chi connectivity index (χ0) is 16.7. The zero-order valence-corrected chi connectivity index (χ0v) is 14.7. The lowest BCUT2D eigenvalue weighted by Crippen LogP contribution is -2.20. The van der Waals surface area contributed by atoms with Gasteiger partial charge in [-0.3, -0.25) is 14.1 Å². The minimum Gasteiger partial charge on any atom is -0.274 e. The van der Waals surface area contributed by atoms with Crippen LogP contribution in [0.1, 0.15) is 39.1 Å². The lowest BCUT2D eigenvalue weighted by molar-refractivity contribution is 0.538. The predicted octanol–water partition coefficient (Wildman–Crippen LogP) is 1.81. The molecule has 1 N–H and O–H groups in total. The largest absolute Gasteiger partial charge is 0.274 e. The van der Waals surface area contributed by atoms with E-state index in [1.807, 2.05) is 27.7 Å². The second-order valence-electron chi connectivity index (χ2n) is 6.37. The monoisotopic (exact) mass is 325 g/mol. The molecule has 2 aromatic rings. The van der Waals surface area contributed by atoms with Gasteiger partial charge in [0, 0.05) is 37.5 Å². The second kappa shape index (κ2) is 5.42. The summed E-state index contributed by atoms with van der Waals surface area (Å²) in [6.45, 7) is 7.80. The quantitative estimate of drug-likeness (QED) is 0.929. The molecule has 0 saturated carbocycles. The van der Waals surface area contributed by atoms with Gasteiger partial charge >= 0.3 is 0 Å². The lowest BCUT2D eigenvalue weighted by Gasteiger charge is -2.17. The van der Waals surface area contributed by atoms with Crippen molar-refractivity contribution in [3.05, 3.63) is 23.7 Å². The number of hydrogen-bond acceptors (Lipinski definition) is 4. The molecule has 7 nitrogen and oxygen atoms in total. The van der Waals surface area contributed by atoms with Gasteiger partial charge in [0.05, 0.1) is 5.69 Å². The van der Waals surface area contributed by atoms with Crippen molar-refractivity contribution in [3.63, 3.8) is 0 Å². The third-order valence-electron chi connectivity index (χ3n) is 3.37. The van der Waals surface area contributed by atoms with E-state index in [2.05, 4.69) is 14.9 Å². The molecule has 0 fully saturated rings. The van der Waals surface area contributed by atoms with E-state index in [-0.39, 0.29) is 10.3 Å². The van der Waals surface area contributed by atoms with Gasteiger partial charge < -0.3 is 0 Å². The summed E-state index contributed by atoms with van der Waals surface area (Å²) in [6, 6.07) is 1.74. The van der Waals surface area contributed by atoms with Crippen LogP contribution in [0.2, 0.25) is 0 Å². The molecule has 2 aromatic heterocycles. The van der Waals surface area contributed by atoms with Crippen LogP contribution in [0.5, 0.6) is 0 Å². The van der Waals surface area contributed by atoms with Crippen molar-refractivity contribution in [2.75, 3.05) is 4.72 Å². The second-order valence-corrected chi connectivity index (χ2v) is 8.02. The molecule has 0 bridgehead atoms. The molecule has 0 spiro atoms. The maximum absolute atomic E-state index is 12.7. The molecule has 8 heteroatoms. The summed E-state index contributed by atoms with van der Waals surface area (Å²) < 4.78 is 31.1. The normalized spacial score (nSPS) is 12.6. The average molecular weight is 325 g/mol. The van der Waals surface area contributed by atoms with Crippen LogP contribution in [-0.4, -0.2) is 28.0 Å². The van der Waals surface area contributed by atoms with Crippen LogP contribution >= 0.6 is 0 Å². The summed E-state index contributed by atoms with van der Waals surface area (Å²) in [5.41, 5.74) is 1.12. The Hall–Kier alpha value is -1.83. The lowest BCUT2D eigenvalue weighted by atomic mass is 9.92. The first-order valence-electron chi connectivity index (χ1n) is 7.14. The van der Waals surface area contributed by atoms with Crippen LogP contribution in [0, 0.1) is 0 Å². The van der Waals surface area contributed by atoms with Crippen molar-refractivity contribution in [1.29, 1.82) is 0 Å². The van der Waals surface area contributed by atoms with E-state index in [0.717, 1.165) is 12.1 Å². The van der Waals surface area contributed by atoms with Gasteiger partial charge in [-0.25, -0.2) is 8.42 Å². The molecule has 0 aliphatic rings. The third-order valence-corrected chi connectivity index (χ3v) is 4.73. The standard InChI is InChI=1S/C14H23N5O2S/c1-7-10-8-12(15-19(10)6)17-22(20,21)11-9-18(5)16-13(11)14(2,3)4/h8-9H,7H2,1-6H3,(H,15,17). The van der Waals surface area contributed by atoms with Crippen molar-refractivity contribution in [3.8, 4) is 0 Å². The molecule has 2 heterocycles. The molecule has 0 unspecified atom stereocenters. The van der Waals surface area contributed by atoms with Crippen LogP contribution < -0.4 is 4.72 Å². The Kier molecular flexibility index (Phi) is 4.08. The average Bonchev–Trinajstić information content (AvgIpc) is 2.91. The molecule has 22 heavy (non-hydrogen) atoms. The predicted molar refractivity (Wildman–Crippen MR) is 85.3 cm³/mol. The summed E-state index contributed by atoms with van der Waals surface area (Å²) in [4.78, 5) is 0.186. The van der Waals surface area contributed by atoms with Crippen LogP contribution in [0.3, 0.4) is 0 Å². The number of aromatic nitrogens is 4. The van der Waals surface area contributed by atoms with E-state index in [9.17, 15) is 8.42 Å². The highest BCUT2D eigenvalue weighted by molar-refractivity contribution is 7.92. The minimum absolute atomic E-state index is 0.186. The zero-order valence-electron chi connectivity index (χ0n) is 13.9. The maximum atomic E-state index is 12.7. The first kappa shape index (κ1) is 16.5. The number of rotatable bonds is 4. The Balaban J connectivity index is 2.43. The SMILES string of the molecule is CCc1cc(NS(=O)(=O)c2cn(C)nc2C(C)(C)C)nn1C.